The second kappa shape index (κ2) is 4.80. The van der Waals surface area contributed by atoms with Crippen molar-refractivity contribution in [2.24, 2.45) is 11.8 Å². The molecule has 0 radical (unpaired) electrons. The van der Waals surface area contributed by atoms with Gasteiger partial charge in [-0.1, -0.05) is 44.2 Å². The zero-order valence-electron chi connectivity index (χ0n) is 9.65. The SMILES string of the molecule is CC(C)[C@@H]1CCCO[C@H]1c1ccccc1. The van der Waals surface area contributed by atoms with Gasteiger partial charge in [0.05, 0.1) is 6.10 Å². The molecule has 0 spiro atoms. The predicted octanol–water partition coefficient (Wildman–Crippen LogP) is 3.81. The minimum Gasteiger partial charge on any atom is -0.373 e. The van der Waals surface area contributed by atoms with Crippen molar-refractivity contribution in [3.8, 4) is 0 Å². The first-order chi connectivity index (χ1) is 7.29. The molecule has 0 aromatic heterocycles. The zero-order chi connectivity index (χ0) is 10.7. The second-order valence-electron chi connectivity index (χ2n) is 4.75. The maximum Gasteiger partial charge on any atom is 0.0855 e. The third-order valence-corrected chi connectivity index (χ3v) is 3.35. The van der Waals surface area contributed by atoms with Gasteiger partial charge in [-0.3, -0.25) is 0 Å². The maximum absolute atomic E-state index is 5.94. The summed E-state index contributed by atoms with van der Waals surface area (Å²) in [5, 5.41) is 0. The molecule has 1 fully saturated rings. The highest BCUT2D eigenvalue weighted by Gasteiger charge is 2.29. The van der Waals surface area contributed by atoms with Crippen molar-refractivity contribution in [2.45, 2.75) is 32.8 Å². The lowest BCUT2D eigenvalue weighted by Gasteiger charge is -2.34. The normalized spacial score (nSPS) is 26.9. The van der Waals surface area contributed by atoms with Gasteiger partial charge in [0.1, 0.15) is 0 Å². The van der Waals surface area contributed by atoms with Crippen LogP contribution in [0.4, 0.5) is 0 Å². The van der Waals surface area contributed by atoms with Crippen molar-refractivity contribution in [2.75, 3.05) is 6.61 Å². The van der Waals surface area contributed by atoms with Crippen LogP contribution in [0.25, 0.3) is 0 Å². The van der Waals surface area contributed by atoms with Gasteiger partial charge in [-0.05, 0) is 30.2 Å². The van der Waals surface area contributed by atoms with Crippen LogP contribution in [0.15, 0.2) is 30.3 Å². The molecule has 0 unspecified atom stereocenters. The van der Waals surface area contributed by atoms with Crippen molar-refractivity contribution >= 4 is 0 Å². The highest BCUT2D eigenvalue weighted by Crippen LogP contribution is 2.37. The van der Waals surface area contributed by atoms with E-state index in [0.717, 1.165) is 6.61 Å². The summed E-state index contributed by atoms with van der Waals surface area (Å²) in [4.78, 5) is 0. The van der Waals surface area contributed by atoms with Gasteiger partial charge in [-0.25, -0.2) is 0 Å². The summed E-state index contributed by atoms with van der Waals surface area (Å²) >= 11 is 0. The Balaban J connectivity index is 2.18. The number of hydrogen-bond donors (Lipinski definition) is 0. The van der Waals surface area contributed by atoms with E-state index >= 15 is 0 Å². The summed E-state index contributed by atoms with van der Waals surface area (Å²) in [6.45, 7) is 5.52. The van der Waals surface area contributed by atoms with Crippen molar-refractivity contribution < 1.29 is 4.74 Å². The summed E-state index contributed by atoms with van der Waals surface area (Å²) < 4.78 is 5.94. The summed E-state index contributed by atoms with van der Waals surface area (Å²) in [5.74, 6) is 1.39. The van der Waals surface area contributed by atoms with Gasteiger partial charge in [0.2, 0.25) is 0 Å². The van der Waals surface area contributed by atoms with Crippen molar-refractivity contribution in [1.82, 2.24) is 0 Å². The van der Waals surface area contributed by atoms with Crippen LogP contribution in [0.2, 0.25) is 0 Å². The molecule has 15 heavy (non-hydrogen) atoms. The second-order valence-corrected chi connectivity index (χ2v) is 4.75. The van der Waals surface area contributed by atoms with Crippen molar-refractivity contribution in [1.29, 1.82) is 0 Å². The fraction of sp³-hybridized carbons (Fsp3) is 0.571. The maximum atomic E-state index is 5.94. The largest absolute Gasteiger partial charge is 0.373 e. The van der Waals surface area contributed by atoms with Gasteiger partial charge in [0.25, 0.3) is 0 Å². The van der Waals surface area contributed by atoms with Crippen LogP contribution < -0.4 is 0 Å². The first-order valence-electron chi connectivity index (χ1n) is 5.95. The molecule has 1 heterocycles. The Morgan fingerprint density at radius 2 is 1.93 bits per heavy atom. The van der Waals surface area contributed by atoms with E-state index in [0.29, 0.717) is 17.9 Å². The Kier molecular flexibility index (Phi) is 3.42. The van der Waals surface area contributed by atoms with E-state index in [4.69, 9.17) is 4.74 Å². The molecule has 1 aliphatic heterocycles. The molecular formula is C14H20O. The van der Waals surface area contributed by atoms with Crippen LogP contribution in [0.5, 0.6) is 0 Å². The average molecular weight is 204 g/mol. The van der Waals surface area contributed by atoms with E-state index in [1.807, 2.05) is 0 Å². The summed E-state index contributed by atoms with van der Waals surface area (Å²) in [5.41, 5.74) is 1.34. The molecule has 1 heteroatoms. The highest BCUT2D eigenvalue weighted by atomic mass is 16.5. The predicted molar refractivity (Wildman–Crippen MR) is 62.7 cm³/mol. The first-order valence-corrected chi connectivity index (χ1v) is 5.95. The molecule has 2 rings (SSSR count). The molecule has 2 atom stereocenters. The molecule has 1 aromatic carbocycles. The van der Waals surface area contributed by atoms with E-state index in [2.05, 4.69) is 44.2 Å². The molecule has 0 bridgehead atoms. The molecular weight excluding hydrogens is 184 g/mol. The van der Waals surface area contributed by atoms with Crippen LogP contribution in [0, 0.1) is 11.8 Å². The fourth-order valence-electron chi connectivity index (χ4n) is 2.47. The Morgan fingerprint density at radius 1 is 1.20 bits per heavy atom. The zero-order valence-corrected chi connectivity index (χ0v) is 9.65. The number of benzene rings is 1. The smallest absolute Gasteiger partial charge is 0.0855 e. The molecule has 0 aliphatic carbocycles. The average Bonchev–Trinajstić information content (AvgIpc) is 2.30. The highest BCUT2D eigenvalue weighted by molar-refractivity contribution is 5.18. The molecule has 0 N–H and O–H groups in total. The Bertz CT molecular complexity index is 291. The standard InChI is InChI=1S/C14H20O/c1-11(2)13-9-6-10-15-14(13)12-7-4-3-5-8-12/h3-5,7-8,11,13-14H,6,9-10H2,1-2H3/t13-,14-/m0/s1. The van der Waals surface area contributed by atoms with E-state index < -0.39 is 0 Å². The first kappa shape index (κ1) is 10.7. The molecule has 0 amide bonds. The molecule has 1 saturated heterocycles. The fourth-order valence-corrected chi connectivity index (χ4v) is 2.47. The number of hydrogen-bond acceptors (Lipinski definition) is 1. The Labute approximate surface area is 92.5 Å². The lowest BCUT2D eigenvalue weighted by molar-refractivity contribution is -0.0438. The number of rotatable bonds is 2. The number of ether oxygens (including phenoxy) is 1. The minimum absolute atomic E-state index is 0.319. The van der Waals surface area contributed by atoms with Crippen molar-refractivity contribution in [3.05, 3.63) is 35.9 Å². The minimum atomic E-state index is 0.319. The van der Waals surface area contributed by atoms with Gasteiger partial charge >= 0.3 is 0 Å². The third kappa shape index (κ3) is 2.40. The van der Waals surface area contributed by atoms with E-state index in [9.17, 15) is 0 Å². The van der Waals surface area contributed by atoms with Crippen LogP contribution in [-0.4, -0.2) is 6.61 Å². The third-order valence-electron chi connectivity index (χ3n) is 3.35. The van der Waals surface area contributed by atoms with Gasteiger partial charge in [-0.15, -0.1) is 0 Å². The molecule has 0 saturated carbocycles. The quantitative estimate of drug-likeness (QED) is 0.711. The lowest BCUT2D eigenvalue weighted by Crippen LogP contribution is -2.26. The topological polar surface area (TPSA) is 9.23 Å². The Morgan fingerprint density at radius 3 is 2.60 bits per heavy atom. The van der Waals surface area contributed by atoms with Gasteiger partial charge in [-0.2, -0.15) is 0 Å². The van der Waals surface area contributed by atoms with Gasteiger partial charge in [0, 0.05) is 6.61 Å². The monoisotopic (exact) mass is 204 g/mol. The van der Waals surface area contributed by atoms with Gasteiger partial charge < -0.3 is 4.74 Å². The molecule has 1 aromatic rings. The molecule has 1 nitrogen and oxygen atoms in total. The van der Waals surface area contributed by atoms with Crippen LogP contribution in [-0.2, 0) is 4.74 Å². The Hall–Kier alpha value is -0.820. The van der Waals surface area contributed by atoms with Crippen LogP contribution in [0.3, 0.4) is 0 Å². The van der Waals surface area contributed by atoms with Crippen LogP contribution in [0.1, 0.15) is 38.4 Å². The van der Waals surface area contributed by atoms with E-state index in [1.54, 1.807) is 0 Å². The summed E-state index contributed by atoms with van der Waals surface area (Å²) in [6, 6.07) is 10.6. The van der Waals surface area contributed by atoms with Crippen LogP contribution >= 0.6 is 0 Å². The molecule has 82 valence electrons. The van der Waals surface area contributed by atoms with Crippen molar-refractivity contribution in [3.63, 3.8) is 0 Å². The molecule has 1 aliphatic rings. The van der Waals surface area contributed by atoms with E-state index in [1.165, 1.54) is 18.4 Å². The summed E-state index contributed by atoms with van der Waals surface area (Å²) in [6.07, 6.45) is 2.84. The lowest BCUT2D eigenvalue weighted by atomic mass is 9.82. The van der Waals surface area contributed by atoms with Gasteiger partial charge in [0.15, 0.2) is 0 Å². The van der Waals surface area contributed by atoms with E-state index in [-0.39, 0.29) is 0 Å². The summed E-state index contributed by atoms with van der Waals surface area (Å²) in [7, 11) is 0.